The highest BCUT2D eigenvalue weighted by Crippen LogP contribution is 1.27. The third-order valence-electron chi connectivity index (χ3n) is 0.0645. The first kappa shape index (κ1) is 3.05. The van der Waals surface area contributed by atoms with E-state index in [1.165, 1.54) is 6.07 Å². The monoisotopic (exact) mass is 52.0 g/mol. The zero-order valence-electron chi connectivity index (χ0n) is 2.02. The molecule has 0 saturated carbocycles. The van der Waals surface area contributed by atoms with Gasteiger partial charge in [-0.1, -0.05) is 0 Å². The Morgan fingerprint density at radius 2 is 2.00 bits per heavy atom. The van der Waals surface area contributed by atoms with Crippen LogP contribution < -0.4 is 0 Å². The minimum absolute atomic E-state index is 1.46. The molecule has 0 aromatic rings. The normalized spacial score (nSPS) is 2.50. The van der Waals surface area contributed by atoms with Crippen molar-refractivity contribution in [1.82, 2.24) is 0 Å². The fourth-order valence-corrected chi connectivity index (χ4v) is 0. The highest BCUT2D eigenvalue weighted by molar-refractivity contribution is 5.08. The minimum Gasteiger partial charge on any atom is -0.183 e. The number of nitriles is 1. The molecule has 0 aromatic carbocycles. The summed E-state index contributed by atoms with van der Waals surface area (Å²) in [4.78, 5) is 0. The maximum absolute atomic E-state index is 7.39. The number of hydrogen-bond acceptors (Lipinski definition) is 1. The Balaban J connectivity index is 3.14. The minimum atomic E-state index is 1.46. The van der Waals surface area contributed by atoms with E-state index in [2.05, 4.69) is 6.42 Å². The molecule has 0 saturated heterocycles. The molecular weight excluding hydrogens is 51.0 g/mol. The molecule has 0 radical (unpaired) electrons. The van der Waals surface area contributed by atoms with Crippen LogP contribution in [0, 0.1) is 23.7 Å². The van der Waals surface area contributed by atoms with Gasteiger partial charge in [-0.2, -0.15) is 5.26 Å². The van der Waals surface area contributed by atoms with Crippen LogP contribution in [-0.4, -0.2) is 0 Å². The topological polar surface area (TPSA) is 23.8 Å². The summed E-state index contributed by atoms with van der Waals surface area (Å²) in [6, 6.07) is 1.46. The van der Waals surface area contributed by atoms with Crippen LogP contribution in [0.25, 0.3) is 0 Å². The molecule has 0 amide bonds. The molecule has 0 heterocycles. The van der Waals surface area contributed by atoms with Crippen molar-refractivity contribution in [2.75, 3.05) is 0 Å². The van der Waals surface area contributed by atoms with Gasteiger partial charge < -0.3 is 0 Å². The smallest absolute Gasteiger partial charge is 0.152 e. The Hall–Kier alpha value is -0.950. The van der Waals surface area contributed by atoms with Crippen molar-refractivity contribution >= 4 is 0 Å². The van der Waals surface area contributed by atoms with Crippen molar-refractivity contribution < 1.29 is 0 Å². The molecule has 0 aromatic heterocycles. The van der Waals surface area contributed by atoms with Crippen LogP contribution in [0.5, 0.6) is 0 Å². The van der Waals surface area contributed by atoms with E-state index < -0.39 is 0 Å². The molecule has 0 atom stereocenters. The molecule has 0 fully saturated rings. The van der Waals surface area contributed by atoms with Crippen LogP contribution in [0.1, 0.15) is 0 Å². The van der Waals surface area contributed by atoms with E-state index in [-0.39, 0.29) is 0 Å². The van der Waals surface area contributed by atoms with Gasteiger partial charge in [0.1, 0.15) is 0 Å². The van der Waals surface area contributed by atoms with E-state index in [0.29, 0.717) is 0 Å². The lowest BCUT2D eigenvalue weighted by atomic mass is 10.8. The number of terminal acetylenes is 1. The van der Waals surface area contributed by atoms with Crippen molar-refractivity contribution in [3.63, 3.8) is 0 Å². The predicted molar refractivity (Wildman–Crippen MR) is 14.4 cm³/mol. The molecule has 18 valence electrons. The lowest BCUT2D eigenvalue weighted by Crippen LogP contribution is -1.26. The van der Waals surface area contributed by atoms with Crippen LogP contribution >= 0.6 is 0 Å². The molecule has 0 rings (SSSR count). The Morgan fingerprint density at radius 3 is 2.00 bits per heavy atom. The first-order valence-electron chi connectivity index (χ1n) is 0.762. The molecule has 0 aliphatic carbocycles. The summed E-state index contributed by atoms with van der Waals surface area (Å²) >= 11 is 0. The zero-order chi connectivity index (χ0) is 3.41. The van der Waals surface area contributed by atoms with E-state index in [1.807, 2.05) is 0 Å². The molecular formula is C3HN. The van der Waals surface area contributed by atoms with Gasteiger partial charge in [-0.05, 0) is 0 Å². The van der Waals surface area contributed by atoms with Gasteiger partial charge >= 0.3 is 0 Å². The van der Waals surface area contributed by atoms with E-state index >= 15 is 0 Å². The summed E-state index contributed by atoms with van der Waals surface area (Å²) in [7, 11) is 0. The van der Waals surface area contributed by atoms with E-state index in [9.17, 15) is 0 Å². The molecule has 0 N–H and O–H groups in total. The van der Waals surface area contributed by atoms with Crippen molar-refractivity contribution in [2.24, 2.45) is 0 Å². The van der Waals surface area contributed by atoms with Gasteiger partial charge in [0.2, 0.25) is 0 Å². The highest BCUT2D eigenvalue weighted by Gasteiger charge is 1.31. The van der Waals surface area contributed by atoms with Gasteiger partial charge in [0.05, 0.1) is 0 Å². The van der Waals surface area contributed by atoms with E-state index in [4.69, 9.17) is 5.26 Å². The van der Waals surface area contributed by atoms with Gasteiger partial charge in [-0.15, -0.1) is 6.42 Å². The second-order valence-electron chi connectivity index (χ2n) is 0.256. The molecule has 0 unspecified atom stereocenters. The summed E-state index contributed by atoms with van der Waals surface area (Å²) in [5, 5.41) is 7.39. The lowest BCUT2D eigenvalue weighted by Gasteiger charge is -1.23. The van der Waals surface area contributed by atoms with Crippen molar-refractivity contribution in [2.45, 2.75) is 0 Å². The largest absolute Gasteiger partial charge is 0.183 e. The molecule has 0 aliphatic rings. The van der Waals surface area contributed by atoms with Crippen LogP contribution in [-0.2, 0) is 0 Å². The third kappa shape index (κ3) is 1.05. The molecule has 0 spiro atoms. The zero-order valence-corrected chi connectivity index (χ0v) is 2.02. The van der Waals surface area contributed by atoms with Crippen LogP contribution in [0.2, 0.25) is 0 Å². The maximum atomic E-state index is 7.39. The third-order valence-corrected chi connectivity index (χ3v) is 0.0645. The van der Waals surface area contributed by atoms with Crippen molar-refractivity contribution in [3.05, 3.63) is 0 Å². The summed E-state index contributed by atoms with van der Waals surface area (Å²) < 4.78 is 0. The average Bonchev–Trinajstić information content (AvgIpc) is 1.37. The predicted octanol–water partition coefficient (Wildman–Crippen LogP) is 0.143. The molecule has 0 aliphatic heterocycles. The number of rotatable bonds is 0. The first-order chi connectivity index (χ1) is 1.91. The van der Waals surface area contributed by atoms with Crippen LogP contribution in [0.4, 0.5) is 0 Å². The number of hydrogen-bond donors (Lipinski definition) is 0. The molecule has 1 nitrogen and oxygen atoms in total. The summed E-state index contributed by atoms with van der Waals surface area (Å²) in [5.74, 6) is 1.74. The second-order valence-corrected chi connectivity index (χ2v) is 0.256. The maximum Gasteiger partial charge on any atom is 0.152 e. The molecule has 0 bridgehead atoms. The molecule has 4 heavy (non-hydrogen) atoms. The summed E-state index contributed by atoms with van der Waals surface area (Å²) in [6.07, 6.45) is 4.42. The summed E-state index contributed by atoms with van der Waals surface area (Å²) in [5.41, 5.74) is 0. The Kier molecular flexibility index (Phi) is 1.56. The molecule has 1 heteroatoms. The van der Waals surface area contributed by atoms with Gasteiger partial charge in [0.15, 0.2) is 6.07 Å². The van der Waals surface area contributed by atoms with Gasteiger partial charge in [0, 0.05) is 5.92 Å². The summed E-state index contributed by atoms with van der Waals surface area (Å²) in [6.45, 7) is 0. The fraction of sp³-hybridized carbons (Fsp3) is 0. The van der Waals surface area contributed by atoms with Gasteiger partial charge in [0.25, 0.3) is 0 Å². The van der Waals surface area contributed by atoms with Crippen LogP contribution in [0.15, 0.2) is 0 Å². The van der Waals surface area contributed by atoms with Gasteiger partial charge in [-0.25, -0.2) is 0 Å². The van der Waals surface area contributed by atoms with Gasteiger partial charge in [-0.3, -0.25) is 0 Å². The lowest BCUT2D eigenvalue weighted by molar-refractivity contribution is 1.55. The Morgan fingerprint density at radius 1 is 1.75 bits per heavy atom. The Labute approximate surface area is 24.9 Å². The van der Waals surface area contributed by atoms with E-state index in [0.717, 1.165) is 0 Å². The second kappa shape index (κ2) is 2.05. The van der Waals surface area contributed by atoms with Crippen LogP contribution in [0.3, 0.4) is 0 Å². The first-order valence-corrected chi connectivity index (χ1v) is 0.762. The quantitative estimate of drug-likeness (QED) is 0.284. The highest BCUT2D eigenvalue weighted by atomic mass is 15.1. The van der Waals surface area contributed by atoms with E-state index in [1.54, 1.807) is 5.92 Å². The average molecular weight is 52.0 g/mol. The van der Waals surface area contributed by atoms with Crippen molar-refractivity contribution in [1.29, 1.82) is 5.26 Å². The van der Waals surface area contributed by atoms with Crippen molar-refractivity contribution in [3.8, 4) is 18.4 Å². The number of nitrogens with zero attached hydrogens (tertiary/aromatic N) is 1. The fourth-order valence-electron chi connectivity index (χ4n) is 0. The SMILES string of the molecule is C#CC#[15N]. The standard InChI is InChI=1S/C3HN/c1-2-3-4/h1H/i4+1. The Bertz CT molecular complexity index is 58.3.